The molecule has 0 aromatic heterocycles. The second kappa shape index (κ2) is 8.80. The molecule has 2 heteroatoms. The fourth-order valence-corrected chi connectivity index (χ4v) is 6.15. The van der Waals surface area contributed by atoms with Gasteiger partial charge in [0.1, 0.15) is 0 Å². The molecule has 3 saturated carbocycles. The van der Waals surface area contributed by atoms with E-state index >= 15 is 0 Å². The first kappa shape index (κ1) is 20.4. The van der Waals surface area contributed by atoms with Gasteiger partial charge in [0.15, 0.2) is 0 Å². The van der Waals surface area contributed by atoms with Gasteiger partial charge in [-0.3, -0.25) is 4.79 Å². The lowest BCUT2D eigenvalue weighted by molar-refractivity contribution is -0.139. The smallest absolute Gasteiger partial charge is 0.303 e. The summed E-state index contributed by atoms with van der Waals surface area (Å²) in [6.07, 6.45) is 15.0. The molecule has 1 aromatic rings. The molecule has 0 bridgehead atoms. The van der Waals surface area contributed by atoms with Crippen molar-refractivity contribution in [3.63, 3.8) is 0 Å². The fraction of sp³-hybridized carbons (Fsp3) is 0.720. The molecule has 3 atom stereocenters. The van der Waals surface area contributed by atoms with Crippen LogP contribution in [0.1, 0.15) is 90.0 Å². The Morgan fingerprint density at radius 2 is 1.52 bits per heavy atom. The van der Waals surface area contributed by atoms with Gasteiger partial charge in [-0.25, -0.2) is 0 Å². The number of hydrogen-bond donors (Lipinski definition) is 1. The third kappa shape index (κ3) is 4.95. The maximum atomic E-state index is 11.2. The van der Waals surface area contributed by atoms with Gasteiger partial charge in [0.2, 0.25) is 0 Å². The second-order valence-electron chi connectivity index (χ2n) is 9.65. The highest BCUT2D eigenvalue weighted by Crippen LogP contribution is 2.58. The number of carboxylic acid groups (broad SMARTS) is 1. The Bertz CT molecular complexity index is 582. The SMILES string of the molecule is CCC1(CC)CCCC1.O=C(O)CC1(Cc2ccccc2)C[C@H]2CC[C@H]2C1. The summed E-state index contributed by atoms with van der Waals surface area (Å²) in [5.74, 6) is 0.994. The second-order valence-corrected chi connectivity index (χ2v) is 9.65. The van der Waals surface area contributed by atoms with Crippen LogP contribution < -0.4 is 0 Å². The van der Waals surface area contributed by atoms with Gasteiger partial charge in [-0.05, 0) is 73.2 Å². The molecule has 3 aliphatic rings. The van der Waals surface area contributed by atoms with E-state index in [0.29, 0.717) is 6.42 Å². The van der Waals surface area contributed by atoms with E-state index in [2.05, 4.69) is 26.0 Å². The van der Waals surface area contributed by atoms with Crippen molar-refractivity contribution in [2.24, 2.45) is 22.7 Å². The minimum Gasteiger partial charge on any atom is -0.481 e. The first-order chi connectivity index (χ1) is 13.0. The van der Waals surface area contributed by atoms with E-state index in [1.165, 1.54) is 56.9 Å². The van der Waals surface area contributed by atoms with Crippen molar-refractivity contribution in [2.45, 2.75) is 90.9 Å². The maximum absolute atomic E-state index is 11.2. The van der Waals surface area contributed by atoms with Crippen LogP contribution in [0.3, 0.4) is 0 Å². The molecule has 1 N–H and O–H groups in total. The van der Waals surface area contributed by atoms with E-state index < -0.39 is 5.97 Å². The van der Waals surface area contributed by atoms with Crippen LogP contribution in [-0.4, -0.2) is 11.1 Å². The van der Waals surface area contributed by atoms with Gasteiger partial charge >= 0.3 is 5.97 Å². The van der Waals surface area contributed by atoms with Gasteiger partial charge in [-0.15, -0.1) is 0 Å². The van der Waals surface area contributed by atoms with E-state index in [4.69, 9.17) is 0 Å². The molecule has 27 heavy (non-hydrogen) atoms. The van der Waals surface area contributed by atoms with Gasteiger partial charge in [-0.2, -0.15) is 0 Å². The van der Waals surface area contributed by atoms with Crippen LogP contribution >= 0.6 is 0 Å². The number of hydrogen-bond acceptors (Lipinski definition) is 1. The predicted molar refractivity (Wildman–Crippen MR) is 112 cm³/mol. The Morgan fingerprint density at radius 1 is 0.963 bits per heavy atom. The Morgan fingerprint density at radius 3 is 1.93 bits per heavy atom. The lowest BCUT2D eigenvalue weighted by Gasteiger charge is -2.29. The van der Waals surface area contributed by atoms with Crippen LogP contribution in [0.2, 0.25) is 0 Å². The van der Waals surface area contributed by atoms with E-state index in [1.807, 2.05) is 18.2 Å². The lowest BCUT2D eigenvalue weighted by Crippen LogP contribution is -2.24. The van der Waals surface area contributed by atoms with Crippen molar-refractivity contribution in [3.8, 4) is 0 Å². The van der Waals surface area contributed by atoms with Gasteiger partial charge in [0.05, 0.1) is 6.42 Å². The van der Waals surface area contributed by atoms with Gasteiger partial charge in [-0.1, -0.05) is 69.9 Å². The summed E-state index contributed by atoms with van der Waals surface area (Å²) in [6.45, 7) is 4.68. The van der Waals surface area contributed by atoms with Crippen LogP contribution in [0.15, 0.2) is 30.3 Å². The molecular weight excluding hydrogens is 332 g/mol. The molecule has 0 amide bonds. The van der Waals surface area contributed by atoms with Crippen LogP contribution in [0, 0.1) is 22.7 Å². The van der Waals surface area contributed by atoms with Crippen molar-refractivity contribution in [2.75, 3.05) is 0 Å². The molecular formula is C25H38O2. The van der Waals surface area contributed by atoms with Crippen molar-refractivity contribution in [3.05, 3.63) is 35.9 Å². The molecule has 0 radical (unpaired) electrons. The van der Waals surface area contributed by atoms with Crippen molar-refractivity contribution < 1.29 is 9.90 Å². The van der Waals surface area contributed by atoms with E-state index in [0.717, 1.165) is 36.5 Å². The Balaban J connectivity index is 0.000000197. The summed E-state index contributed by atoms with van der Waals surface area (Å²) in [5.41, 5.74) is 2.10. The molecule has 0 aliphatic heterocycles. The van der Waals surface area contributed by atoms with Crippen LogP contribution in [-0.2, 0) is 11.2 Å². The van der Waals surface area contributed by atoms with Gasteiger partial charge in [0.25, 0.3) is 0 Å². The summed E-state index contributed by atoms with van der Waals surface area (Å²) in [7, 11) is 0. The topological polar surface area (TPSA) is 37.3 Å². The highest BCUT2D eigenvalue weighted by molar-refractivity contribution is 5.68. The zero-order valence-electron chi connectivity index (χ0n) is 17.4. The highest BCUT2D eigenvalue weighted by Gasteiger charge is 2.49. The Labute approximate surface area is 165 Å². The minimum atomic E-state index is -0.632. The molecule has 3 fully saturated rings. The summed E-state index contributed by atoms with van der Waals surface area (Å²) < 4.78 is 0. The summed E-state index contributed by atoms with van der Waals surface area (Å²) in [4.78, 5) is 11.2. The number of aliphatic carboxylic acids is 1. The Kier molecular flexibility index (Phi) is 6.65. The zero-order valence-corrected chi connectivity index (χ0v) is 17.4. The molecule has 3 aliphatic carbocycles. The molecule has 0 spiro atoms. The first-order valence-corrected chi connectivity index (χ1v) is 11.3. The molecule has 1 aromatic carbocycles. The monoisotopic (exact) mass is 370 g/mol. The highest BCUT2D eigenvalue weighted by atomic mass is 16.4. The molecule has 150 valence electrons. The standard InChI is InChI=1S/C16H20O2.C9H18/c17-15(18)11-16(8-12-4-2-1-3-5-12)9-13-6-7-14(13)10-16;1-3-9(4-2)7-5-6-8-9/h1-5,13-14H,6-11H2,(H,17,18);3-8H2,1-2H3/t13-,14+,16?;. The average Bonchev–Trinajstić information content (AvgIpc) is 3.22. The first-order valence-electron chi connectivity index (χ1n) is 11.3. The third-order valence-electron chi connectivity index (χ3n) is 8.08. The number of rotatable bonds is 6. The molecule has 1 unspecified atom stereocenters. The molecule has 2 nitrogen and oxygen atoms in total. The van der Waals surface area contributed by atoms with E-state index in [9.17, 15) is 9.90 Å². The minimum absolute atomic E-state index is 0.0268. The molecule has 0 heterocycles. The summed E-state index contributed by atoms with van der Waals surface area (Å²) in [6, 6.07) is 10.4. The van der Waals surface area contributed by atoms with Crippen LogP contribution in [0.5, 0.6) is 0 Å². The van der Waals surface area contributed by atoms with Gasteiger partial charge in [0, 0.05) is 0 Å². The predicted octanol–water partition coefficient (Wildman–Crippen LogP) is 6.88. The number of carbonyl (C=O) groups is 1. The van der Waals surface area contributed by atoms with Crippen molar-refractivity contribution >= 4 is 5.97 Å². The average molecular weight is 371 g/mol. The number of benzene rings is 1. The van der Waals surface area contributed by atoms with Crippen LogP contribution in [0.25, 0.3) is 0 Å². The number of carboxylic acids is 1. The van der Waals surface area contributed by atoms with Crippen molar-refractivity contribution in [1.29, 1.82) is 0 Å². The zero-order chi connectivity index (χ0) is 19.3. The quantitative estimate of drug-likeness (QED) is 0.593. The number of fused-ring (bicyclic) bond motifs is 1. The van der Waals surface area contributed by atoms with Gasteiger partial charge < -0.3 is 5.11 Å². The largest absolute Gasteiger partial charge is 0.481 e. The van der Waals surface area contributed by atoms with E-state index in [-0.39, 0.29) is 5.41 Å². The summed E-state index contributed by atoms with van der Waals surface area (Å²) >= 11 is 0. The van der Waals surface area contributed by atoms with E-state index in [1.54, 1.807) is 0 Å². The van der Waals surface area contributed by atoms with Crippen molar-refractivity contribution in [1.82, 2.24) is 0 Å². The molecule has 4 rings (SSSR count). The lowest BCUT2D eigenvalue weighted by atomic mass is 9.76. The maximum Gasteiger partial charge on any atom is 0.303 e. The summed E-state index contributed by atoms with van der Waals surface area (Å²) in [5, 5.41) is 9.21. The van der Waals surface area contributed by atoms with Crippen LogP contribution in [0.4, 0.5) is 0 Å². The normalized spacial score (nSPS) is 30.7. The fourth-order valence-electron chi connectivity index (χ4n) is 6.15. The molecule has 0 saturated heterocycles. The Hall–Kier alpha value is -1.31. The third-order valence-corrected chi connectivity index (χ3v) is 8.08.